The van der Waals surface area contributed by atoms with Gasteiger partial charge in [0.2, 0.25) is 0 Å². The Morgan fingerprint density at radius 3 is 1.93 bits per heavy atom. The molecule has 0 fully saturated rings. The lowest BCUT2D eigenvalue weighted by molar-refractivity contribution is 0.0601. The summed E-state index contributed by atoms with van der Waals surface area (Å²) in [5.74, 6) is -0.287. The molecule has 3 nitrogen and oxygen atoms in total. The molecule has 1 aromatic rings. The average Bonchev–Trinajstić information content (AvgIpc) is 2.34. The number of esters is 1. The van der Waals surface area contributed by atoms with E-state index in [1.165, 1.54) is 7.11 Å². The van der Waals surface area contributed by atoms with E-state index < -0.39 is 0 Å². The van der Waals surface area contributed by atoms with E-state index in [2.05, 4.69) is 11.3 Å². The molecule has 15 heavy (non-hydrogen) atoms. The minimum absolute atomic E-state index is 0.287. The Labute approximate surface area is 91.3 Å². The van der Waals surface area contributed by atoms with Crippen molar-refractivity contribution in [3.63, 3.8) is 0 Å². The second kappa shape index (κ2) is 10.3. The molecule has 0 aliphatic heterocycles. The van der Waals surface area contributed by atoms with Crippen LogP contribution >= 0.6 is 0 Å². The summed E-state index contributed by atoms with van der Waals surface area (Å²) in [5, 5.41) is 6.50. The van der Waals surface area contributed by atoms with Gasteiger partial charge >= 0.3 is 5.97 Å². The summed E-state index contributed by atoms with van der Waals surface area (Å²) >= 11 is 0. The maximum atomic E-state index is 10.9. The molecule has 0 radical (unpaired) electrons. The predicted octanol–water partition coefficient (Wildman–Crippen LogP) is 2.95. The first kappa shape index (κ1) is 15.6. The van der Waals surface area contributed by atoms with Gasteiger partial charge in [-0.15, -0.1) is 0 Å². The first-order valence-corrected chi connectivity index (χ1v) is 4.65. The van der Waals surface area contributed by atoms with Crippen LogP contribution in [0.1, 0.15) is 29.8 Å². The zero-order valence-electron chi connectivity index (χ0n) is 9.65. The fourth-order valence-corrected chi connectivity index (χ4v) is 0.807. The summed E-state index contributed by atoms with van der Waals surface area (Å²) in [6.45, 7) is 9.47. The number of hydrogen-bond acceptors (Lipinski definition) is 3. The number of methoxy groups -OCH3 is 1. The van der Waals surface area contributed by atoms with Crippen LogP contribution in [0, 0.1) is 18.8 Å². The van der Waals surface area contributed by atoms with Crippen molar-refractivity contribution in [1.82, 2.24) is 0 Å². The standard InChI is InChI=1S/C9H10O2.C2H6.CHN/c1-7-3-5-8(6-4-7)9(10)11-2;2*1-2/h3-6H,1-2H3;1-2H3;1H. The Hall–Kier alpha value is -1.82. The molecule has 0 spiro atoms. The number of aryl methyl sites for hydroxylation is 1. The van der Waals surface area contributed by atoms with E-state index in [-0.39, 0.29) is 5.97 Å². The fraction of sp³-hybridized carbons (Fsp3) is 0.333. The smallest absolute Gasteiger partial charge is 0.337 e. The summed E-state index contributed by atoms with van der Waals surface area (Å²) in [6, 6.07) is 7.26. The Morgan fingerprint density at radius 2 is 1.60 bits per heavy atom. The molecule has 0 N–H and O–H groups in total. The van der Waals surface area contributed by atoms with Crippen LogP contribution < -0.4 is 0 Å². The molecule has 0 saturated carbocycles. The quantitative estimate of drug-likeness (QED) is 0.665. The van der Waals surface area contributed by atoms with Gasteiger partial charge in [-0.3, -0.25) is 0 Å². The van der Waals surface area contributed by atoms with Gasteiger partial charge in [0, 0.05) is 6.57 Å². The van der Waals surface area contributed by atoms with Crippen molar-refractivity contribution in [3.8, 4) is 6.57 Å². The molecular formula is C12H17NO2. The van der Waals surface area contributed by atoms with E-state index >= 15 is 0 Å². The average molecular weight is 207 g/mol. The van der Waals surface area contributed by atoms with Crippen molar-refractivity contribution in [1.29, 1.82) is 5.26 Å². The monoisotopic (exact) mass is 207 g/mol. The highest BCUT2D eigenvalue weighted by atomic mass is 16.5. The maximum Gasteiger partial charge on any atom is 0.337 e. The molecule has 0 aliphatic rings. The minimum atomic E-state index is -0.287. The lowest BCUT2D eigenvalue weighted by Crippen LogP contribution is -2.00. The van der Waals surface area contributed by atoms with Crippen LogP contribution in [0.3, 0.4) is 0 Å². The van der Waals surface area contributed by atoms with Crippen LogP contribution in [0.25, 0.3) is 0 Å². The van der Waals surface area contributed by atoms with Crippen molar-refractivity contribution in [2.75, 3.05) is 7.11 Å². The van der Waals surface area contributed by atoms with Crippen molar-refractivity contribution in [2.45, 2.75) is 20.8 Å². The van der Waals surface area contributed by atoms with Gasteiger partial charge in [0.1, 0.15) is 0 Å². The third kappa shape index (κ3) is 6.28. The summed E-state index contributed by atoms with van der Waals surface area (Å²) < 4.78 is 4.54. The SMILES string of the molecule is C#N.CC.COC(=O)c1ccc(C)cc1. The molecule has 1 rings (SSSR count). The van der Waals surface area contributed by atoms with Crippen LogP contribution in [0.4, 0.5) is 0 Å². The second-order valence-corrected chi connectivity index (χ2v) is 2.36. The van der Waals surface area contributed by atoms with Gasteiger partial charge in [0.05, 0.1) is 12.7 Å². The zero-order chi connectivity index (χ0) is 12.3. The normalized spacial score (nSPS) is 7.33. The minimum Gasteiger partial charge on any atom is -0.465 e. The van der Waals surface area contributed by atoms with Crippen LogP contribution in [0.15, 0.2) is 24.3 Å². The third-order valence-electron chi connectivity index (χ3n) is 1.47. The largest absolute Gasteiger partial charge is 0.465 e. The number of carbonyl (C=O) groups excluding carboxylic acids is 1. The Kier molecular flexibility index (Phi) is 10.7. The van der Waals surface area contributed by atoms with Crippen LogP contribution in [0.5, 0.6) is 0 Å². The molecule has 82 valence electrons. The van der Waals surface area contributed by atoms with Gasteiger partial charge in [-0.05, 0) is 19.1 Å². The molecule has 0 heterocycles. The van der Waals surface area contributed by atoms with E-state index in [0.717, 1.165) is 5.56 Å². The number of ether oxygens (including phenoxy) is 1. The molecule has 0 atom stereocenters. The molecule has 0 aliphatic carbocycles. The lowest BCUT2D eigenvalue weighted by atomic mass is 10.2. The number of nitriles is 1. The topological polar surface area (TPSA) is 50.1 Å². The highest BCUT2D eigenvalue weighted by molar-refractivity contribution is 5.89. The number of nitrogens with zero attached hydrogens (tertiary/aromatic N) is 1. The summed E-state index contributed by atoms with van der Waals surface area (Å²) in [6.07, 6.45) is 0. The van der Waals surface area contributed by atoms with E-state index in [1.807, 2.05) is 32.9 Å². The van der Waals surface area contributed by atoms with Gasteiger partial charge in [0.15, 0.2) is 0 Å². The van der Waals surface area contributed by atoms with Gasteiger partial charge in [-0.2, -0.15) is 0 Å². The fourth-order valence-electron chi connectivity index (χ4n) is 0.807. The van der Waals surface area contributed by atoms with E-state index in [4.69, 9.17) is 5.26 Å². The number of benzene rings is 1. The molecular weight excluding hydrogens is 190 g/mol. The molecule has 0 aromatic heterocycles. The van der Waals surface area contributed by atoms with Gasteiger partial charge in [-0.25, -0.2) is 10.1 Å². The highest BCUT2D eigenvalue weighted by Crippen LogP contribution is 2.03. The van der Waals surface area contributed by atoms with Crippen molar-refractivity contribution >= 4 is 5.97 Å². The molecule has 0 amide bonds. The lowest BCUT2D eigenvalue weighted by Gasteiger charge is -1.97. The van der Waals surface area contributed by atoms with Gasteiger partial charge in [-0.1, -0.05) is 31.5 Å². The summed E-state index contributed by atoms with van der Waals surface area (Å²) in [7, 11) is 1.38. The number of hydrogen-bond donors (Lipinski definition) is 0. The van der Waals surface area contributed by atoms with Crippen LogP contribution in [-0.2, 0) is 4.74 Å². The Morgan fingerprint density at radius 1 is 1.20 bits per heavy atom. The van der Waals surface area contributed by atoms with Crippen LogP contribution in [-0.4, -0.2) is 13.1 Å². The van der Waals surface area contributed by atoms with E-state index in [0.29, 0.717) is 5.56 Å². The van der Waals surface area contributed by atoms with Crippen molar-refractivity contribution in [3.05, 3.63) is 35.4 Å². The first-order chi connectivity index (χ1) is 7.24. The predicted molar refractivity (Wildman–Crippen MR) is 60.5 cm³/mol. The van der Waals surface area contributed by atoms with Gasteiger partial charge < -0.3 is 4.74 Å². The summed E-state index contributed by atoms with van der Waals surface area (Å²) in [5.41, 5.74) is 1.73. The van der Waals surface area contributed by atoms with E-state index in [9.17, 15) is 4.79 Å². The summed E-state index contributed by atoms with van der Waals surface area (Å²) in [4.78, 5) is 10.9. The van der Waals surface area contributed by atoms with Crippen molar-refractivity contribution in [2.24, 2.45) is 0 Å². The van der Waals surface area contributed by atoms with Crippen molar-refractivity contribution < 1.29 is 9.53 Å². The van der Waals surface area contributed by atoms with E-state index in [1.54, 1.807) is 12.1 Å². The molecule has 0 saturated heterocycles. The Balaban J connectivity index is 0. The Bertz CT molecular complexity index is 288. The second-order valence-electron chi connectivity index (χ2n) is 2.36. The maximum absolute atomic E-state index is 10.9. The molecule has 3 heteroatoms. The molecule has 0 bridgehead atoms. The third-order valence-corrected chi connectivity index (χ3v) is 1.47. The molecule has 0 unspecified atom stereocenters. The zero-order valence-corrected chi connectivity index (χ0v) is 9.65. The molecule has 1 aromatic carbocycles. The van der Waals surface area contributed by atoms with Gasteiger partial charge in [0.25, 0.3) is 0 Å². The number of rotatable bonds is 1. The first-order valence-electron chi connectivity index (χ1n) is 4.65. The highest BCUT2D eigenvalue weighted by Gasteiger charge is 2.01. The number of carbonyl (C=O) groups is 1. The van der Waals surface area contributed by atoms with Crippen LogP contribution in [0.2, 0.25) is 0 Å².